The Labute approximate surface area is 357 Å². The molecule has 18 heteroatoms. The SMILES string of the molecule is O=C1CCC(N2Cc3c(CNC(=O)C(=O)c4cccc(F)c4)cccc3C2=O)C(=O)N1.O=C1CCC(N2Cc3cc(CNC(=O)C(=O)c4cccc(Cl)c4)ccc3C2=O)C(=O)N1. The van der Waals surface area contributed by atoms with Crippen LogP contribution in [0.25, 0.3) is 0 Å². The van der Waals surface area contributed by atoms with Crippen LogP contribution in [0.2, 0.25) is 5.02 Å². The van der Waals surface area contributed by atoms with Gasteiger partial charge in [-0.3, -0.25) is 58.6 Å². The fourth-order valence-electron chi connectivity index (χ4n) is 7.59. The quantitative estimate of drug-likeness (QED) is 0.104. The lowest BCUT2D eigenvalue weighted by molar-refractivity contribution is -0.138. The fourth-order valence-corrected chi connectivity index (χ4v) is 7.78. The molecule has 2 saturated heterocycles. The first-order chi connectivity index (χ1) is 29.7. The van der Waals surface area contributed by atoms with Crippen LogP contribution in [0.3, 0.4) is 0 Å². The van der Waals surface area contributed by atoms with E-state index in [1.54, 1.807) is 48.5 Å². The molecule has 0 radical (unpaired) electrons. The molecule has 0 spiro atoms. The molecule has 4 aromatic carbocycles. The first-order valence-electron chi connectivity index (χ1n) is 19.4. The van der Waals surface area contributed by atoms with Crippen LogP contribution in [-0.2, 0) is 54.9 Å². The number of hydrogen-bond acceptors (Lipinski definition) is 10. The second-order valence-electron chi connectivity index (χ2n) is 14.8. The molecular formula is C44H36ClFN6O10. The van der Waals surface area contributed by atoms with Gasteiger partial charge in [0.05, 0.1) is 0 Å². The van der Waals surface area contributed by atoms with Gasteiger partial charge in [-0.2, -0.15) is 0 Å². The number of benzene rings is 4. The Morgan fingerprint density at radius 3 is 1.82 bits per heavy atom. The highest BCUT2D eigenvalue weighted by Gasteiger charge is 2.41. The predicted molar refractivity (Wildman–Crippen MR) is 215 cm³/mol. The van der Waals surface area contributed by atoms with Gasteiger partial charge in [0.2, 0.25) is 35.2 Å². The summed E-state index contributed by atoms with van der Waals surface area (Å²) in [6.07, 6.45) is 0.883. The van der Waals surface area contributed by atoms with Crippen LogP contribution in [0, 0.1) is 5.82 Å². The number of fused-ring (bicyclic) bond motifs is 2. The molecule has 2 fully saturated rings. The predicted octanol–water partition coefficient (Wildman–Crippen LogP) is 2.69. The van der Waals surface area contributed by atoms with Gasteiger partial charge in [-0.1, -0.05) is 60.1 Å². The molecule has 8 amide bonds. The fraction of sp³-hybridized carbons (Fsp3) is 0.227. The van der Waals surface area contributed by atoms with E-state index in [4.69, 9.17) is 11.6 Å². The number of hydrogen-bond donors (Lipinski definition) is 4. The van der Waals surface area contributed by atoms with E-state index in [-0.39, 0.29) is 80.2 Å². The Hall–Kier alpha value is -7.40. The molecule has 316 valence electrons. The van der Waals surface area contributed by atoms with E-state index in [0.717, 1.165) is 11.6 Å². The molecule has 4 aliphatic heterocycles. The highest BCUT2D eigenvalue weighted by Crippen LogP contribution is 2.31. The smallest absolute Gasteiger partial charge is 0.292 e. The highest BCUT2D eigenvalue weighted by molar-refractivity contribution is 6.43. The number of ketones is 2. The molecule has 4 heterocycles. The largest absolute Gasteiger partial charge is 0.345 e. The van der Waals surface area contributed by atoms with Crippen molar-refractivity contribution >= 4 is 70.4 Å². The van der Waals surface area contributed by atoms with Crippen molar-refractivity contribution in [2.24, 2.45) is 0 Å². The van der Waals surface area contributed by atoms with E-state index in [2.05, 4.69) is 21.3 Å². The van der Waals surface area contributed by atoms with E-state index < -0.39 is 53.1 Å². The number of nitrogens with zero attached hydrogens (tertiary/aromatic N) is 2. The Balaban J connectivity index is 0.000000186. The minimum absolute atomic E-state index is 0.0144. The Kier molecular flexibility index (Phi) is 12.4. The number of halogens is 2. The van der Waals surface area contributed by atoms with Crippen LogP contribution in [0.15, 0.2) is 84.9 Å². The van der Waals surface area contributed by atoms with Crippen molar-refractivity contribution < 1.29 is 52.3 Å². The molecule has 2 atom stereocenters. The zero-order valence-corrected chi connectivity index (χ0v) is 33.4. The first-order valence-corrected chi connectivity index (χ1v) is 19.7. The second-order valence-corrected chi connectivity index (χ2v) is 15.2. The summed E-state index contributed by atoms with van der Waals surface area (Å²) in [5.74, 6) is -6.10. The normalized spacial score (nSPS) is 17.9. The molecule has 0 aromatic heterocycles. The van der Waals surface area contributed by atoms with Crippen LogP contribution in [-0.4, -0.2) is 80.7 Å². The molecular weight excluding hydrogens is 827 g/mol. The maximum Gasteiger partial charge on any atom is 0.292 e. The van der Waals surface area contributed by atoms with Crippen molar-refractivity contribution in [1.29, 1.82) is 0 Å². The topological polar surface area (TPSA) is 225 Å². The average Bonchev–Trinajstić information content (AvgIpc) is 3.76. The van der Waals surface area contributed by atoms with Crippen molar-refractivity contribution in [2.45, 2.75) is 63.9 Å². The van der Waals surface area contributed by atoms with Gasteiger partial charge in [-0.25, -0.2) is 4.39 Å². The first kappa shape index (κ1) is 42.7. The summed E-state index contributed by atoms with van der Waals surface area (Å²) in [5, 5.41) is 9.96. The monoisotopic (exact) mass is 862 g/mol. The molecule has 0 saturated carbocycles. The standard InChI is InChI=1S/C22H18ClN3O5.C22H18FN3O5/c23-15-3-1-2-13(9-15)19(28)21(30)24-10-12-4-5-16-14(8-12)11-26(22(16)31)17-6-7-18(27)25-20(17)29;23-14-5-1-3-12(9-14)19(28)21(30)24-10-13-4-2-6-15-16(13)11-26(22(15)31)17-7-8-18(27)25-20(17)29/h1-5,8-9,17H,6-7,10-11H2,(H,24,30)(H,25,27,29);1-6,9,17H,7-8,10-11H2,(H,24,30)(H,25,27,29). The number of rotatable bonds is 10. The lowest BCUT2D eigenvalue weighted by atomic mass is 10.0. The number of imide groups is 2. The van der Waals surface area contributed by atoms with E-state index in [1.165, 1.54) is 40.1 Å². The van der Waals surface area contributed by atoms with E-state index in [0.29, 0.717) is 39.3 Å². The average molecular weight is 863 g/mol. The molecule has 0 aliphatic carbocycles. The Morgan fingerprint density at radius 2 is 1.21 bits per heavy atom. The van der Waals surface area contributed by atoms with Gasteiger partial charge in [0.25, 0.3) is 23.6 Å². The zero-order chi connectivity index (χ0) is 44.2. The van der Waals surface area contributed by atoms with Crippen molar-refractivity contribution in [3.8, 4) is 0 Å². The number of nitrogens with one attached hydrogen (secondary N) is 4. The van der Waals surface area contributed by atoms with Gasteiger partial charge >= 0.3 is 0 Å². The Bertz CT molecular complexity index is 2620. The van der Waals surface area contributed by atoms with Crippen LogP contribution >= 0.6 is 11.6 Å². The van der Waals surface area contributed by atoms with Crippen LogP contribution in [0.1, 0.15) is 89.4 Å². The van der Waals surface area contributed by atoms with E-state index in [9.17, 15) is 52.3 Å². The van der Waals surface area contributed by atoms with Gasteiger partial charge < -0.3 is 20.4 Å². The van der Waals surface area contributed by atoms with E-state index >= 15 is 0 Å². The van der Waals surface area contributed by atoms with E-state index in [1.807, 2.05) is 0 Å². The third-order valence-electron chi connectivity index (χ3n) is 10.7. The molecule has 16 nitrogen and oxygen atoms in total. The molecule has 62 heavy (non-hydrogen) atoms. The molecule has 0 bridgehead atoms. The maximum atomic E-state index is 13.3. The number of carbonyl (C=O) groups is 10. The molecule has 4 aliphatic rings. The van der Waals surface area contributed by atoms with Crippen molar-refractivity contribution in [3.05, 3.63) is 140 Å². The molecule has 2 unspecified atom stereocenters. The third kappa shape index (κ3) is 9.17. The maximum absolute atomic E-state index is 13.3. The van der Waals surface area contributed by atoms with Gasteiger partial charge in [-0.15, -0.1) is 0 Å². The zero-order valence-electron chi connectivity index (χ0n) is 32.6. The number of Topliss-reactive ketones (excluding diaryl/α,β-unsaturated/α-hetero) is 2. The minimum Gasteiger partial charge on any atom is -0.345 e. The van der Waals surface area contributed by atoms with Crippen molar-refractivity contribution in [3.63, 3.8) is 0 Å². The lowest BCUT2D eigenvalue weighted by Gasteiger charge is -2.29. The molecule has 4 aromatic rings. The van der Waals surface area contributed by atoms with Gasteiger partial charge in [-0.05, 0) is 71.5 Å². The summed E-state index contributed by atoms with van der Waals surface area (Å²) in [7, 11) is 0. The summed E-state index contributed by atoms with van der Waals surface area (Å²) >= 11 is 5.86. The molecule has 4 N–H and O–H groups in total. The van der Waals surface area contributed by atoms with Gasteiger partial charge in [0.1, 0.15) is 17.9 Å². The van der Waals surface area contributed by atoms with Crippen LogP contribution < -0.4 is 21.3 Å². The summed E-state index contributed by atoms with van der Waals surface area (Å²) in [6.45, 7) is 0.485. The number of amides is 8. The number of carbonyl (C=O) groups excluding carboxylic acids is 10. The van der Waals surface area contributed by atoms with Gasteiger partial charge in [0, 0.05) is 66.3 Å². The Morgan fingerprint density at radius 1 is 0.645 bits per heavy atom. The van der Waals surface area contributed by atoms with Crippen molar-refractivity contribution in [2.75, 3.05) is 0 Å². The van der Waals surface area contributed by atoms with Gasteiger partial charge in [0.15, 0.2) is 0 Å². The summed E-state index contributed by atoms with van der Waals surface area (Å²) in [6, 6.07) is 19.7. The minimum atomic E-state index is -0.894. The summed E-state index contributed by atoms with van der Waals surface area (Å²) in [5.41, 5.74) is 3.74. The number of piperidine rings is 2. The summed E-state index contributed by atoms with van der Waals surface area (Å²) < 4.78 is 13.3. The lowest BCUT2D eigenvalue weighted by Crippen LogP contribution is -2.52. The second kappa shape index (κ2) is 18.1. The molecule has 8 rings (SSSR count). The van der Waals surface area contributed by atoms with Crippen LogP contribution in [0.4, 0.5) is 4.39 Å². The highest BCUT2D eigenvalue weighted by atomic mass is 35.5. The van der Waals surface area contributed by atoms with Crippen LogP contribution in [0.5, 0.6) is 0 Å². The third-order valence-corrected chi connectivity index (χ3v) is 11.0. The van der Waals surface area contributed by atoms with Crippen molar-refractivity contribution in [1.82, 2.24) is 31.1 Å². The summed E-state index contributed by atoms with van der Waals surface area (Å²) in [4.78, 5) is 124.